The largest absolute Gasteiger partial charge is 0.508 e. The molecule has 0 saturated carbocycles. The van der Waals surface area contributed by atoms with Crippen LogP contribution < -0.4 is 5.32 Å². The number of aliphatic carboxylic acids is 1. The number of amides is 1. The number of phenols is 1. The van der Waals surface area contributed by atoms with Crippen molar-refractivity contribution in [2.24, 2.45) is 0 Å². The number of hydrogen-bond donors (Lipinski definition) is 3. The molecule has 1 aromatic heterocycles. The van der Waals surface area contributed by atoms with Gasteiger partial charge in [0.2, 0.25) is 5.91 Å². The Morgan fingerprint density at radius 3 is 2.60 bits per heavy atom. The van der Waals surface area contributed by atoms with Crippen LogP contribution in [0.25, 0.3) is 10.6 Å². The van der Waals surface area contributed by atoms with E-state index in [0.717, 1.165) is 10.6 Å². The highest BCUT2D eigenvalue weighted by atomic mass is 32.1. The van der Waals surface area contributed by atoms with Gasteiger partial charge in [-0.3, -0.25) is 9.59 Å². The number of carbonyl (C=O) groups is 2. The van der Waals surface area contributed by atoms with E-state index in [1.54, 1.807) is 29.6 Å². The van der Waals surface area contributed by atoms with Crippen LogP contribution in [0.15, 0.2) is 29.6 Å². The summed E-state index contributed by atoms with van der Waals surface area (Å²) in [6, 6.07) is 6.61. The second kappa shape index (κ2) is 6.16. The molecule has 0 spiro atoms. The van der Waals surface area contributed by atoms with Crippen molar-refractivity contribution in [2.75, 3.05) is 6.54 Å². The van der Waals surface area contributed by atoms with Crippen molar-refractivity contribution >= 4 is 23.2 Å². The number of hydrogen-bond acceptors (Lipinski definition) is 5. The maximum absolute atomic E-state index is 11.5. The molecule has 1 aromatic carbocycles. The Labute approximate surface area is 118 Å². The molecule has 0 bridgehead atoms. The molecule has 0 aliphatic rings. The lowest BCUT2D eigenvalue weighted by Gasteiger charge is -1.99. The van der Waals surface area contributed by atoms with Gasteiger partial charge in [-0.25, -0.2) is 4.98 Å². The summed E-state index contributed by atoms with van der Waals surface area (Å²) in [5.74, 6) is -1.28. The second-order valence-corrected chi connectivity index (χ2v) is 4.90. The van der Waals surface area contributed by atoms with Gasteiger partial charge >= 0.3 is 5.97 Å². The molecule has 0 radical (unpaired) electrons. The zero-order valence-electron chi connectivity index (χ0n) is 10.4. The number of carbonyl (C=O) groups excluding carboxylic acids is 1. The number of rotatable bonds is 5. The van der Waals surface area contributed by atoms with Crippen LogP contribution in [0.5, 0.6) is 5.75 Å². The first kappa shape index (κ1) is 14.0. The van der Waals surface area contributed by atoms with E-state index in [4.69, 9.17) is 5.11 Å². The molecule has 0 fully saturated rings. The van der Waals surface area contributed by atoms with Crippen molar-refractivity contribution in [3.05, 3.63) is 35.3 Å². The van der Waals surface area contributed by atoms with Crippen molar-refractivity contribution in [1.82, 2.24) is 10.3 Å². The Bertz CT molecular complexity index is 622. The van der Waals surface area contributed by atoms with E-state index in [0.29, 0.717) is 5.69 Å². The first-order chi connectivity index (χ1) is 9.54. The Hall–Kier alpha value is -2.41. The van der Waals surface area contributed by atoms with E-state index in [1.807, 2.05) is 0 Å². The Balaban J connectivity index is 2.00. The van der Waals surface area contributed by atoms with E-state index in [9.17, 15) is 14.7 Å². The van der Waals surface area contributed by atoms with Gasteiger partial charge in [-0.1, -0.05) is 0 Å². The van der Waals surface area contributed by atoms with E-state index in [2.05, 4.69) is 10.3 Å². The summed E-state index contributed by atoms with van der Waals surface area (Å²) >= 11 is 1.39. The summed E-state index contributed by atoms with van der Waals surface area (Å²) in [5, 5.41) is 22.4. The maximum Gasteiger partial charge on any atom is 0.322 e. The fraction of sp³-hybridized carbons (Fsp3) is 0.154. The van der Waals surface area contributed by atoms with E-state index >= 15 is 0 Å². The van der Waals surface area contributed by atoms with Gasteiger partial charge in [-0.15, -0.1) is 11.3 Å². The summed E-state index contributed by atoms with van der Waals surface area (Å²) < 4.78 is 0. The summed E-state index contributed by atoms with van der Waals surface area (Å²) in [4.78, 5) is 26.1. The number of thiazole rings is 1. The summed E-state index contributed by atoms with van der Waals surface area (Å²) in [7, 11) is 0. The molecule has 0 unspecified atom stereocenters. The summed E-state index contributed by atoms with van der Waals surface area (Å²) in [6.07, 6.45) is 0.0435. The number of aromatic hydroxyl groups is 1. The molecule has 20 heavy (non-hydrogen) atoms. The predicted molar refractivity (Wildman–Crippen MR) is 73.6 cm³/mol. The lowest BCUT2D eigenvalue weighted by Crippen LogP contribution is -2.30. The van der Waals surface area contributed by atoms with Crippen LogP contribution in [0.1, 0.15) is 5.69 Å². The number of carboxylic acid groups (broad SMARTS) is 1. The fourth-order valence-electron chi connectivity index (χ4n) is 1.53. The van der Waals surface area contributed by atoms with Gasteiger partial charge in [0, 0.05) is 10.9 Å². The number of nitrogens with zero attached hydrogens (tertiary/aromatic N) is 1. The van der Waals surface area contributed by atoms with Gasteiger partial charge in [0.1, 0.15) is 17.3 Å². The minimum atomic E-state index is -1.08. The Morgan fingerprint density at radius 2 is 1.95 bits per heavy atom. The van der Waals surface area contributed by atoms with Crippen LogP contribution in [0.3, 0.4) is 0 Å². The van der Waals surface area contributed by atoms with Crippen LogP contribution in [-0.4, -0.2) is 33.6 Å². The third-order valence-electron chi connectivity index (χ3n) is 2.44. The number of carboxylic acids is 1. The number of benzene rings is 1. The quantitative estimate of drug-likeness (QED) is 0.770. The van der Waals surface area contributed by atoms with Crippen LogP contribution in [0, 0.1) is 0 Å². The van der Waals surface area contributed by atoms with Crippen molar-refractivity contribution < 1.29 is 19.8 Å². The number of aromatic nitrogens is 1. The van der Waals surface area contributed by atoms with Crippen molar-refractivity contribution in [3.8, 4) is 16.3 Å². The highest BCUT2D eigenvalue weighted by Gasteiger charge is 2.09. The third-order valence-corrected chi connectivity index (χ3v) is 3.38. The molecule has 7 heteroatoms. The monoisotopic (exact) mass is 292 g/mol. The average molecular weight is 292 g/mol. The molecular formula is C13H12N2O4S. The predicted octanol–water partition coefficient (Wildman–Crippen LogP) is 1.26. The standard InChI is InChI=1S/C13H12N2O4S/c16-10-3-1-8(2-4-10)13-15-9(7-20-13)5-11(17)14-6-12(18)19/h1-4,7,16H,5-6H2,(H,14,17)(H,18,19). The lowest BCUT2D eigenvalue weighted by molar-refractivity contribution is -0.137. The average Bonchev–Trinajstić information content (AvgIpc) is 2.85. The Morgan fingerprint density at radius 1 is 1.25 bits per heavy atom. The molecular weight excluding hydrogens is 280 g/mol. The molecule has 1 amide bonds. The first-order valence-corrected chi connectivity index (χ1v) is 6.65. The molecule has 2 aromatic rings. The smallest absolute Gasteiger partial charge is 0.322 e. The van der Waals surface area contributed by atoms with Gasteiger partial charge in [0.05, 0.1) is 12.1 Å². The minimum absolute atomic E-state index is 0.0435. The van der Waals surface area contributed by atoms with Crippen LogP contribution >= 0.6 is 11.3 Å². The lowest BCUT2D eigenvalue weighted by atomic mass is 10.2. The van der Waals surface area contributed by atoms with Crippen molar-refractivity contribution in [3.63, 3.8) is 0 Å². The van der Waals surface area contributed by atoms with Crippen molar-refractivity contribution in [2.45, 2.75) is 6.42 Å². The molecule has 0 aliphatic heterocycles. The molecule has 104 valence electrons. The molecule has 0 atom stereocenters. The van der Waals surface area contributed by atoms with Gasteiger partial charge in [0.15, 0.2) is 0 Å². The molecule has 0 aliphatic carbocycles. The van der Waals surface area contributed by atoms with Crippen LogP contribution in [0.4, 0.5) is 0 Å². The van der Waals surface area contributed by atoms with E-state index < -0.39 is 12.5 Å². The topological polar surface area (TPSA) is 99.5 Å². The molecule has 3 N–H and O–H groups in total. The minimum Gasteiger partial charge on any atom is -0.508 e. The molecule has 1 heterocycles. The van der Waals surface area contributed by atoms with Crippen LogP contribution in [0.2, 0.25) is 0 Å². The van der Waals surface area contributed by atoms with Crippen molar-refractivity contribution in [1.29, 1.82) is 0 Å². The first-order valence-electron chi connectivity index (χ1n) is 5.77. The highest BCUT2D eigenvalue weighted by Crippen LogP contribution is 2.25. The zero-order chi connectivity index (χ0) is 14.5. The summed E-state index contributed by atoms with van der Waals surface area (Å²) in [6.45, 7) is -0.395. The Kier molecular flexibility index (Phi) is 4.31. The van der Waals surface area contributed by atoms with E-state index in [1.165, 1.54) is 11.3 Å². The van der Waals surface area contributed by atoms with Gasteiger partial charge in [-0.2, -0.15) is 0 Å². The van der Waals surface area contributed by atoms with E-state index in [-0.39, 0.29) is 18.1 Å². The summed E-state index contributed by atoms with van der Waals surface area (Å²) in [5.41, 5.74) is 1.44. The second-order valence-electron chi connectivity index (χ2n) is 4.04. The normalized spacial score (nSPS) is 10.2. The number of phenolic OH excluding ortho intramolecular Hbond substituents is 1. The molecule has 6 nitrogen and oxygen atoms in total. The maximum atomic E-state index is 11.5. The fourth-order valence-corrected chi connectivity index (χ4v) is 2.35. The highest BCUT2D eigenvalue weighted by molar-refractivity contribution is 7.13. The zero-order valence-corrected chi connectivity index (χ0v) is 11.2. The third kappa shape index (κ3) is 3.79. The SMILES string of the molecule is O=C(O)CNC(=O)Cc1csc(-c2ccc(O)cc2)n1. The van der Waals surface area contributed by atoms with Crippen LogP contribution in [-0.2, 0) is 16.0 Å². The number of nitrogens with one attached hydrogen (secondary N) is 1. The van der Waals surface area contributed by atoms with Gasteiger partial charge < -0.3 is 15.5 Å². The molecule has 2 rings (SSSR count). The van der Waals surface area contributed by atoms with Gasteiger partial charge in [-0.05, 0) is 24.3 Å². The molecule has 0 saturated heterocycles. The van der Waals surface area contributed by atoms with Gasteiger partial charge in [0.25, 0.3) is 0 Å².